The predicted molar refractivity (Wildman–Crippen MR) is 78.2 cm³/mol. The molecule has 1 saturated carbocycles. The van der Waals surface area contributed by atoms with Crippen molar-refractivity contribution in [3.8, 4) is 0 Å². The maximum absolute atomic E-state index is 12.2. The van der Waals surface area contributed by atoms with Gasteiger partial charge < -0.3 is 10.6 Å². The molecule has 1 aromatic rings. The number of carbonyl (C=O) groups is 1. The van der Waals surface area contributed by atoms with Gasteiger partial charge in [-0.05, 0) is 30.7 Å². The fraction of sp³-hybridized carbons (Fsp3) is 0.615. The summed E-state index contributed by atoms with van der Waals surface area (Å²) < 4.78 is 0. The van der Waals surface area contributed by atoms with Crippen molar-refractivity contribution in [3.63, 3.8) is 0 Å². The van der Waals surface area contributed by atoms with E-state index in [0.717, 1.165) is 32.2 Å². The molecule has 0 saturated heterocycles. The standard InChI is InChI=1S/C13H20N2OS.ClH/c1-15(8-7-10-4-3-9-17-10)13(16)11-5-2-6-12(11)14;/h3-4,9,11-12H,2,5-8,14H2,1H3;1H. The Balaban J connectivity index is 0.00000162. The van der Waals surface area contributed by atoms with Crippen molar-refractivity contribution < 1.29 is 4.79 Å². The van der Waals surface area contributed by atoms with E-state index in [1.165, 1.54) is 4.88 Å². The van der Waals surface area contributed by atoms with E-state index in [2.05, 4.69) is 17.5 Å². The number of rotatable bonds is 4. The van der Waals surface area contributed by atoms with E-state index >= 15 is 0 Å². The summed E-state index contributed by atoms with van der Waals surface area (Å²) in [5, 5.41) is 2.07. The van der Waals surface area contributed by atoms with Gasteiger partial charge in [0.05, 0.1) is 5.92 Å². The van der Waals surface area contributed by atoms with Crippen LogP contribution in [0.5, 0.6) is 0 Å². The Bertz CT molecular complexity index is 369. The van der Waals surface area contributed by atoms with E-state index in [9.17, 15) is 4.79 Å². The monoisotopic (exact) mass is 288 g/mol. The molecule has 5 heteroatoms. The average molecular weight is 289 g/mol. The summed E-state index contributed by atoms with van der Waals surface area (Å²) in [4.78, 5) is 15.3. The minimum absolute atomic E-state index is 0. The van der Waals surface area contributed by atoms with Crippen molar-refractivity contribution in [2.24, 2.45) is 11.7 Å². The largest absolute Gasteiger partial charge is 0.345 e. The first kappa shape index (κ1) is 15.5. The molecule has 18 heavy (non-hydrogen) atoms. The molecule has 1 aromatic heterocycles. The molecule has 0 bridgehead atoms. The maximum atomic E-state index is 12.2. The van der Waals surface area contributed by atoms with E-state index in [1.54, 1.807) is 11.3 Å². The summed E-state index contributed by atoms with van der Waals surface area (Å²) in [6, 6.07) is 4.24. The van der Waals surface area contributed by atoms with Crippen molar-refractivity contribution >= 4 is 29.7 Å². The van der Waals surface area contributed by atoms with Crippen LogP contribution in [-0.2, 0) is 11.2 Å². The topological polar surface area (TPSA) is 46.3 Å². The van der Waals surface area contributed by atoms with Gasteiger partial charge in [0.1, 0.15) is 0 Å². The number of hydrogen-bond acceptors (Lipinski definition) is 3. The molecule has 2 rings (SSSR count). The van der Waals surface area contributed by atoms with Crippen LogP contribution in [0.2, 0.25) is 0 Å². The van der Waals surface area contributed by atoms with Gasteiger partial charge in [0.2, 0.25) is 5.91 Å². The van der Waals surface area contributed by atoms with Gasteiger partial charge in [0, 0.05) is 24.5 Å². The SMILES string of the molecule is CN(CCc1cccs1)C(=O)C1CCCC1N.Cl. The molecule has 1 amide bonds. The lowest BCUT2D eigenvalue weighted by atomic mass is 10.0. The van der Waals surface area contributed by atoms with Gasteiger partial charge in [-0.1, -0.05) is 12.5 Å². The number of nitrogens with two attached hydrogens (primary N) is 1. The summed E-state index contributed by atoms with van der Waals surface area (Å²) in [6.07, 6.45) is 4.00. The zero-order valence-corrected chi connectivity index (χ0v) is 12.3. The van der Waals surface area contributed by atoms with Gasteiger partial charge in [-0.15, -0.1) is 23.7 Å². The molecule has 2 unspecified atom stereocenters. The van der Waals surface area contributed by atoms with Crippen LogP contribution in [0.3, 0.4) is 0 Å². The Kier molecular flexibility index (Phi) is 6.12. The molecule has 1 aliphatic rings. The third-order valence-corrected chi connectivity index (χ3v) is 4.47. The highest BCUT2D eigenvalue weighted by atomic mass is 35.5. The number of carbonyl (C=O) groups excluding carboxylic acids is 1. The van der Waals surface area contributed by atoms with Crippen molar-refractivity contribution in [3.05, 3.63) is 22.4 Å². The number of likely N-dealkylation sites (N-methyl/N-ethyl adjacent to an activating group) is 1. The van der Waals surface area contributed by atoms with Crippen molar-refractivity contribution in [2.75, 3.05) is 13.6 Å². The van der Waals surface area contributed by atoms with Crippen molar-refractivity contribution in [1.82, 2.24) is 4.90 Å². The Hall–Kier alpha value is -0.580. The lowest BCUT2D eigenvalue weighted by molar-refractivity contribution is -0.134. The molecule has 0 radical (unpaired) electrons. The molecule has 0 aliphatic heterocycles. The summed E-state index contributed by atoms with van der Waals surface area (Å²) in [5.41, 5.74) is 5.96. The van der Waals surface area contributed by atoms with Gasteiger partial charge >= 0.3 is 0 Å². The van der Waals surface area contributed by atoms with E-state index in [4.69, 9.17) is 5.73 Å². The van der Waals surface area contributed by atoms with Gasteiger partial charge in [-0.2, -0.15) is 0 Å². The molecule has 2 atom stereocenters. The molecule has 2 N–H and O–H groups in total. The third-order valence-electron chi connectivity index (χ3n) is 3.54. The lowest BCUT2D eigenvalue weighted by Gasteiger charge is -2.23. The van der Waals surface area contributed by atoms with Crippen molar-refractivity contribution in [1.29, 1.82) is 0 Å². The second kappa shape index (κ2) is 7.12. The van der Waals surface area contributed by atoms with Crippen molar-refractivity contribution in [2.45, 2.75) is 31.7 Å². The van der Waals surface area contributed by atoms with Gasteiger partial charge in [-0.25, -0.2) is 0 Å². The summed E-state index contributed by atoms with van der Waals surface area (Å²) in [6.45, 7) is 0.794. The van der Waals surface area contributed by atoms with Crippen LogP contribution in [0.15, 0.2) is 17.5 Å². The number of halogens is 1. The normalized spacial score (nSPS) is 22.6. The average Bonchev–Trinajstić information content (AvgIpc) is 2.95. The number of hydrogen-bond donors (Lipinski definition) is 1. The van der Waals surface area contributed by atoms with Crippen LogP contribution in [-0.4, -0.2) is 30.4 Å². The smallest absolute Gasteiger partial charge is 0.226 e. The quantitative estimate of drug-likeness (QED) is 0.924. The molecule has 1 fully saturated rings. The molecular weight excluding hydrogens is 268 g/mol. The van der Waals surface area contributed by atoms with E-state index in [0.29, 0.717) is 0 Å². The Labute approximate surface area is 119 Å². The first-order valence-corrected chi connectivity index (χ1v) is 7.09. The lowest BCUT2D eigenvalue weighted by Crippen LogP contribution is -2.40. The highest BCUT2D eigenvalue weighted by Crippen LogP contribution is 2.25. The maximum Gasteiger partial charge on any atom is 0.226 e. The van der Waals surface area contributed by atoms with Crippen LogP contribution < -0.4 is 5.73 Å². The second-order valence-electron chi connectivity index (χ2n) is 4.79. The van der Waals surface area contributed by atoms with Gasteiger partial charge in [0.15, 0.2) is 0 Å². The summed E-state index contributed by atoms with van der Waals surface area (Å²) >= 11 is 1.75. The highest BCUT2D eigenvalue weighted by Gasteiger charge is 2.31. The third kappa shape index (κ3) is 3.70. The van der Waals surface area contributed by atoms with Crippen LogP contribution in [0.25, 0.3) is 0 Å². The highest BCUT2D eigenvalue weighted by molar-refractivity contribution is 7.09. The van der Waals surface area contributed by atoms with Crippen LogP contribution in [0, 0.1) is 5.92 Å². The minimum atomic E-state index is 0. The Morgan fingerprint density at radius 1 is 1.56 bits per heavy atom. The molecule has 1 aliphatic carbocycles. The molecule has 1 heterocycles. The molecule has 0 spiro atoms. The Morgan fingerprint density at radius 3 is 2.89 bits per heavy atom. The zero-order valence-electron chi connectivity index (χ0n) is 10.7. The second-order valence-corrected chi connectivity index (χ2v) is 5.82. The van der Waals surface area contributed by atoms with E-state index in [-0.39, 0.29) is 30.3 Å². The van der Waals surface area contributed by atoms with E-state index in [1.807, 2.05) is 11.9 Å². The van der Waals surface area contributed by atoms with Gasteiger partial charge in [-0.3, -0.25) is 4.79 Å². The summed E-state index contributed by atoms with van der Waals surface area (Å²) in [7, 11) is 1.89. The predicted octanol–water partition coefficient (Wildman–Crippen LogP) is 2.30. The van der Waals surface area contributed by atoms with Crippen LogP contribution in [0.1, 0.15) is 24.1 Å². The first-order chi connectivity index (χ1) is 8.18. The molecule has 0 aromatic carbocycles. The van der Waals surface area contributed by atoms with E-state index < -0.39 is 0 Å². The molecule has 102 valence electrons. The Morgan fingerprint density at radius 2 is 2.33 bits per heavy atom. The fourth-order valence-corrected chi connectivity index (χ4v) is 3.12. The number of amides is 1. The van der Waals surface area contributed by atoms with Crippen LogP contribution >= 0.6 is 23.7 Å². The zero-order chi connectivity index (χ0) is 12.3. The fourth-order valence-electron chi connectivity index (χ4n) is 2.42. The van der Waals surface area contributed by atoms with Crippen LogP contribution in [0.4, 0.5) is 0 Å². The first-order valence-electron chi connectivity index (χ1n) is 6.21. The van der Waals surface area contributed by atoms with Gasteiger partial charge in [0.25, 0.3) is 0 Å². The summed E-state index contributed by atoms with van der Waals surface area (Å²) in [5.74, 6) is 0.287. The molecule has 3 nitrogen and oxygen atoms in total. The number of nitrogens with zero attached hydrogens (tertiary/aromatic N) is 1. The number of thiophene rings is 1. The molecular formula is C13H21ClN2OS. The minimum Gasteiger partial charge on any atom is -0.345 e.